The van der Waals surface area contributed by atoms with E-state index < -0.39 is 12.4 Å². The van der Waals surface area contributed by atoms with Gasteiger partial charge in [0, 0.05) is 13.1 Å². The highest BCUT2D eigenvalue weighted by Crippen LogP contribution is 2.00. The SMILES string of the molecule is CN(C)CCCN(CCCN(C)C)C(=O)CC(=O)O. The Hall–Kier alpha value is -1.14. The molecule has 0 atom stereocenters. The molecule has 0 unspecified atom stereocenters. The number of amides is 1. The van der Waals surface area contributed by atoms with Gasteiger partial charge in [-0.15, -0.1) is 0 Å². The van der Waals surface area contributed by atoms with Crippen molar-refractivity contribution in [3.8, 4) is 0 Å². The molecule has 0 spiro atoms. The van der Waals surface area contributed by atoms with Gasteiger partial charge in [0.1, 0.15) is 6.42 Å². The fourth-order valence-electron chi connectivity index (χ4n) is 1.76. The van der Waals surface area contributed by atoms with E-state index in [2.05, 4.69) is 9.80 Å². The topological polar surface area (TPSA) is 64.1 Å². The Morgan fingerprint density at radius 3 is 1.58 bits per heavy atom. The van der Waals surface area contributed by atoms with E-state index in [4.69, 9.17) is 5.11 Å². The van der Waals surface area contributed by atoms with Crippen LogP contribution < -0.4 is 0 Å². The molecule has 6 heteroatoms. The summed E-state index contributed by atoms with van der Waals surface area (Å²) in [6.45, 7) is 3.03. The Kier molecular flexibility index (Phi) is 9.16. The Bertz CT molecular complexity index is 266. The van der Waals surface area contributed by atoms with Gasteiger partial charge in [0.05, 0.1) is 0 Å². The Balaban J connectivity index is 4.20. The summed E-state index contributed by atoms with van der Waals surface area (Å²) in [5.41, 5.74) is 0. The lowest BCUT2D eigenvalue weighted by atomic mass is 10.2. The van der Waals surface area contributed by atoms with Crippen LogP contribution >= 0.6 is 0 Å². The fraction of sp³-hybridized carbons (Fsp3) is 0.846. The minimum absolute atomic E-state index is 0.287. The lowest BCUT2D eigenvalue weighted by Crippen LogP contribution is -2.36. The number of nitrogens with zero attached hydrogens (tertiary/aromatic N) is 3. The minimum atomic E-state index is -1.06. The van der Waals surface area contributed by atoms with E-state index >= 15 is 0 Å². The van der Waals surface area contributed by atoms with Gasteiger partial charge in [0.15, 0.2) is 0 Å². The number of carboxylic acid groups (broad SMARTS) is 1. The molecule has 0 fully saturated rings. The van der Waals surface area contributed by atoms with Crippen LogP contribution in [0.15, 0.2) is 0 Å². The van der Waals surface area contributed by atoms with Crippen LogP contribution in [0, 0.1) is 0 Å². The van der Waals surface area contributed by atoms with Gasteiger partial charge >= 0.3 is 5.97 Å². The molecule has 19 heavy (non-hydrogen) atoms. The van der Waals surface area contributed by atoms with Crippen LogP contribution in [0.1, 0.15) is 19.3 Å². The monoisotopic (exact) mass is 273 g/mol. The molecular weight excluding hydrogens is 246 g/mol. The normalized spacial score (nSPS) is 11.1. The third kappa shape index (κ3) is 10.5. The highest BCUT2D eigenvalue weighted by atomic mass is 16.4. The second-order valence-corrected chi connectivity index (χ2v) is 5.26. The van der Waals surface area contributed by atoms with Gasteiger partial charge in [0.25, 0.3) is 0 Å². The summed E-state index contributed by atoms with van der Waals surface area (Å²) >= 11 is 0. The molecule has 0 aliphatic carbocycles. The molecule has 0 aromatic rings. The van der Waals surface area contributed by atoms with E-state index in [1.807, 2.05) is 28.2 Å². The van der Waals surface area contributed by atoms with Crippen molar-refractivity contribution in [2.45, 2.75) is 19.3 Å². The van der Waals surface area contributed by atoms with Crippen LogP contribution in [0.4, 0.5) is 0 Å². The number of rotatable bonds is 10. The van der Waals surface area contributed by atoms with Crippen molar-refractivity contribution >= 4 is 11.9 Å². The first kappa shape index (κ1) is 17.9. The fourth-order valence-corrected chi connectivity index (χ4v) is 1.76. The smallest absolute Gasteiger partial charge is 0.312 e. The molecule has 112 valence electrons. The molecule has 0 saturated heterocycles. The zero-order valence-electron chi connectivity index (χ0n) is 12.6. The number of hydrogen-bond acceptors (Lipinski definition) is 4. The summed E-state index contributed by atoms with van der Waals surface area (Å²) in [6.07, 6.45) is 1.31. The molecule has 0 aromatic carbocycles. The highest BCUT2D eigenvalue weighted by molar-refractivity contribution is 5.93. The first-order valence-corrected chi connectivity index (χ1v) is 6.62. The van der Waals surface area contributed by atoms with Crippen LogP contribution in [0.25, 0.3) is 0 Å². The molecule has 0 rings (SSSR count). The van der Waals surface area contributed by atoms with E-state index in [1.54, 1.807) is 4.90 Å². The maximum absolute atomic E-state index is 11.8. The lowest BCUT2D eigenvalue weighted by Gasteiger charge is -2.23. The molecule has 0 radical (unpaired) electrons. The summed E-state index contributed by atoms with van der Waals surface area (Å²) in [6, 6.07) is 0. The zero-order chi connectivity index (χ0) is 14.8. The predicted molar refractivity (Wildman–Crippen MR) is 75.2 cm³/mol. The molecule has 0 saturated carbocycles. The largest absolute Gasteiger partial charge is 0.481 e. The van der Waals surface area contributed by atoms with Crippen molar-refractivity contribution in [3.63, 3.8) is 0 Å². The molecule has 1 amide bonds. The summed E-state index contributed by atoms with van der Waals surface area (Å²) in [4.78, 5) is 28.2. The maximum Gasteiger partial charge on any atom is 0.312 e. The first-order valence-electron chi connectivity index (χ1n) is 6.62. The van der Waals surface area contributed by atoms with Crippen LogP contribution in [0.5, 0.6) is 0 Å². The maximum atomic E-state index is 11.8. The number of carboxylic acids is 1. The second kappa shape index (κ2) is 9.75. The summed E-state index contributed by atoms with van der Waals surface area (Å²) < 4.78 is 0. The van der Waals surface area contributed by atoms with Gasteiger partial charge in [-0.3, -0.25) is 9.59 Å². The summed E-state index contributed by atoms with van der Waals surface area (Å²) in [5.74, 6) is -1.35. The summed E-state index contributed by atoms with van der Waals surface area (Å²) in [5, 5.41) is 8.70. The average molecular weight is 273 g/mol. The van der Waals surface area contributed by atoms with Crippen molar-refractivity contribution in [2.24, 2.45) is 0 Å². The number of aliphatic carboxylic acids is 1. The van der Waals surface area contributed by atoms with Crippen molar-refractivity contribution in [2.75, 3.05) is 54.4 Å². The molecular formula is C13H27N3O3. The quantitative estimate of drug-likeness (QED) is 0.576. The molecule has 0 aromatic heterocycles. The van der Waals surface area contributed by atoms with Crippen LogP contribution in [-0.2, 0) is 9.59 Å². The lowest BCUT2D eigenvalue weighted by molar-refractivity contribution is -0.144. The molecule has 1 N–H and O–H groups in total. The van der Waals surface area contributed by atoms with Crippen LogP contribution in [0.2, 0.25) is 0 Å². The van der Waals surface area contributed by atoms with Crippen molar-refractivity contribution in [1.82, 2.24) is 14.7 Å². The Labute approximate surface area is 116 Å². The third-order valence-electron chi connectivity index (χ3n) is 2.72. The summed E-state index contributed by atoms with van der Waals surface area (Å²) in [7, 11) is 7.93. The molecule has 0 aliphatic heterocycles. The van der Waals surface area contributed by atoms with Gasteiger partial charge in [-0.05, 0) is 54.1 Å². The number of carbonyl (C=O) groups excluding carboxylic acids is 1. The van der Waals surface area contributed by atoms with Gasteiger partial charge in [-0.1, -0.05) is 0 Å². The van der Waals surface area contributed by atoms with Gasteiger partial charge in [-0.25, -0.2) is 0 Å². The number of carbonyl (C=O) groups is 2. The van der Waals surface area contributed by atoms with E-state index in [0.29, 0.717) is 13.1 Å². The van der Waals surface area contributed by atoms with E-state index in [-0.39, 0.29) is 5.91 Å². The average Bonchev–Trinajstić information content (AvgIpc) is 2.25. The van der Waals surface area contributed by atoms with E-state index in [1.165, 1.54) is 0 Å². The first-order chi connectivity index (χ1) is 8.82. The second-order valence-electron chi connectivity index (χ2n) is 5.26. The minimum Gasteiger partial charge on any atom is -0.481 e. The molecule has 0 heterocycles. The standard InChI is InChI=1S/C13H27N3O3/c1-14(2)7-5-9-16(10-6-8-15(3)4)12(17)11-13(18)19/h5-11H2,1-4H3,(H,18,19). The van der Waals surface area contributed by atoms with Crippen molar-refractivity contribution < 1.29 is 14.7 Å². The predicted octanol–water partition coefficient (Wildman–Crippen LogP) is 0.193. The van der Waals surface area contributed by atoms with E-state index in [0.717, 1.165) is 25.9 Å². The van der Waals surface area contributed by atoms with Gasteiger partial charge < -0.3 is 19.8 Å². The van der Waals surface area contributed by atoms with Gasteiger partial charge in [-0.2, -0.15) is 0 Å². The molecule has 0 bridgehead atoms. The van der Waals surface area contributed by atoms with Crippen LogP contribution in [0.3, 0.4) is 0 Å². The Morgan fingerprint density at radius 1 is 0.842 bits per heavy atom. The van der Waals surface area contributed by atoms with Crippen molar-refractivity contribution in [3.05, 3.63) is 0 Å². The molecule has 6 nitrogen and oxygen atoms in total. The number of hydrogen-bond donors (Lipinski definition) is 1. The third-order valence-corrected chi connectivity index (χ3v) is 2.72. The molecule has 0 aliphatic rings. The highest BCUT2D eigenvalue weighted by Gasteiger charge is 2.16. The zero-order valence-corrected chi connectivity index (χ0v) is 12.6. The van der Waals surface area contributed by atoms with E-state index in [9.17, 15) is 9.59 Å². The van der Waals surface area contributed by atoms with Gasteiger partial charge in [0.2, 0.25) is 5.91 Å². The van der Waals surface area contributed by atoms with Crippen molar-refractivity contribution in [1.29, 1.82) is 0 Å². The Morgan fingerprint density at radius 2 is 1.26 bits per heavy atom. The van der Waals surface area contributed by atoms with Crippen LogP contribution in [-0.4, -0.2) is 86.1 Å².